The zero-order chi connectivity index (χ0) is 12.8. The van der Waals surface area contributed by atoms with E-state index >= 15 is 0 Å². The van der Waals surface area contributed by atoms with E-state index in [1.165, 1.54) is 0 Å². The quantitative estimate of drug-likeness (QED) is 0.727. The molecule has 1 amide bonds. The highest BCUT2D eigenvalue weighted by atomic mass is 19.4. The summed E-state index contributed by atoms with van der Waals surface area (Å²) in [4.78, 5) is 22.8. The maximum Gasteiger partial charge on any atom is 0.471 e. The van der Waals surface area contributed by atoms with E-state index in [4.69, 9.17) is 9.84 Å². The number of carbonyl (C=O) groups excluding carboxylic acids is 1. The molecular weight excluding hydrogens is 243 g/mol. The maximum absolute atomic E-state index is 12.3. The molecule has 0 bridgehead atoms. The third kappa shape index (κ3) is 1.67. The molecule has 17 heavy (non-hydrogen) atoms. The Balaban J connectivity index is 2.25. The molecule has 2 fully saturated rings. The van der Waals surface area contributed by atoms with E-state index in [0.29, 0.717) is 4.90 Å². The van der Waals surface area contributed by atoms with Gasteiger partial charge in [0.25, 0.3) is 0 Å². The van der Waals surface area contributed by atoms with Crippen LogP contribution in [0.1, 0.15) is 6.42 Å². The Morgan fingerprint density at radius 3 is 2.59 bits per heavy atom. The minimum atomic E-state index is -4.98. The fourth-order valence-corrected chi connectivity index (χ4v) is 2.43. The average Bonchev–Trinajstić information content (AvgIpc) is 2.72. The lowest BCUT2D eigenvalue weighted by Gasteiger charge is -2.27. The zero-order valence-electron chi connectivity index (χ0n) is 8.66. The number of amides is 1. The highest BCUT2D eigenvalue weighted by Crippen LogP contribution is 2.43. The highest BCUT2D eigenvalue weighted by molar-refractivity contribution is 5.85. The fraction of sp³-hybridized carbons (Fsp3) is 0.778. The van der Waals surface area contributed by atoms with Crippen LogP contribution in [0.25, 0.3) is 0 Å². The summed E-state index contributed by atoms with van der Waals surface area (Å²) < 4.78 is 41.8. The number of ether oxygens (including phenoxy) is 1. The van der Waals surface area contributed by atoms with Gasteiger partial charge in [0, 0.05) is 6.54 Å². The molecule has 2 heterocycles. The van der Waals surface area contributed by atoms with Crippen molar-refractivity contribution >= 4 is 11.9 Å². The lowest BCUT2D eigenvalue weighted by molar-refractivity contribution is -0.187. The van der Waals surface area contributed by atoms with Gasteiger partial charge in [-0.3, -0.25) is 9.59 Å². The Morgan fingerprint density at radius 1 is 1.41 bits per heavy atom. The summed E-state index contributed by atoms with van der Waals surface area (Å²) in [5.74, 6) is -3.20. The first-order valence-electron chi connectivity index (χ1n) is 4.98. The predicted molar refractivity (Wildman–Crippen MR) is 47.1 cm³/mol. The molecule has 0 spiro atoms. The van der Waals surface area contributed by atoms with Gasteiger partial charge in [-0.1, -0.05) is 0 Å². The molecule has 96 valence electrons. The number of rotatable bonds is 1. The number of hydrogen-bond acceptors (Lipinski definition) is 3. The number of carboxylic acids is 1. The second-order valence-corrected chi connectivity index (χ2v) is 4.24. The highest BCUT2D eigenvalue weighted by Gasteiger charge is 2.61. The van der Waals surface area contributed by atoms with Crippen molar-refractivity contribution in [3.8, 4) is 0 Å². The van der Waals surface area contributed by atoms with E-state index in [2.05, 4.69) is 0 Å². The van der Waals surface area contributed by atoms with Crippen molar-refractivity contribution in [2.75, 3.05) is 19.8 Å². The second kappa shape index (κ2) is 3.59. The summed E-state index contributed by atoms with van der Waals surface area (Å²) in [6, 6.07) is -1.02. The van der Waals surface area contributed by atoms with Gasteiger partial charge < -0.3 is 14.7 Å². The van der Waals surface area contributed by atoms with Crippen molar-refractivity contribution in [3.63, 3.8) is 0 Å². The van der Waals surface area contributed by atoms with Crippen LogP contribution in [0.2, 0.25) is 0 Å². The molecule has 5 nitrogen and oxygen atoms in total. The molecule has 2 atom stereocenters. The average molecular weight is 253 g/mol. The number of nitrogens with zero attached hydrogens (tertiary/aromatic N) is 1. The van der Waals surface area contributed by atoms with Crippen molar-refractivity contribution in [2.24, 2.45) is 5.41 Å². The minimum absolute atomic E-state index is 0.00514. The number of fused-ring (bicyclic) bond motifs is 1. The number of carboxylic acid groups (broad SMARTS) is 1. The summed E-state index contributed by atoms with van der Waals surface area (Å²) in [7, 11) is 0. The van der Waals surface area contributed by atoms with Gasteiger partial charge in [0.1, 0.15) is 5.41 Å². The molecule has 0 radical (unpaired) electrons. The molecule has 0 aromatic heterocycles. The smallest absolute Gasteiger partial charge is 0.471 e. The van der Waals surface area contributed by atoms with Gasteiger partial charge in [-0.15, -0.1) is 0 Å². The fourth-order valence-electron chi connectivity index (χ4n) is 2.43. The zero-order valence-corrected chi connectivity index (χ0v) is 8.66. The van der Waals surface area contributed by atoms with Gasteiger partial charge >= 0.3 is 18.1 Å². The first-order valence-corrected chi connectivity index (χ1v) is 4.98. The van der Waals surface area contributed by atoms with Gasteiger partial charge in [-0.25, -0.2) is 0 Å². The monoisotopic (exact) mass is 253 g/mol. The van der Waals surface area contributed by atoms with Gasteiger partial charge in [0.05, 0.1) is 19.3 Å². The van der Waals surface area contributed by atoms with E-state index < -0.39 is 29.5 Å². The molecule has 2 unspecified atom stereocenters. The van der Waals surface area contributed by atoms with Crippen LogP contribution in [0.15, 0.2) is 0 Å². The lowest BCUT2D eigenvalue weighted by Crippen LogP contribution is -2.49. The van der Waals surface area contributed by atoms with Gasteiger partial charge in [0.15, 0.2) is 0 Å². The minimum Gasteiger partial charge on any atom is -0.481 e. The van der Waals surface area contributed by atoms with Crippen LogP contribution >= 0.6 is 0 Å². The van der Waals surface area contributed by atoms with E-state index in [-0.39, 0.29) is 26.2 Å². The maximum atomic E-state index is 12.3. The van der Waals surface area contributed by atoms with Crippen LogP contribution in [-0.4, -0.2) is 53.9 Å². The van der Waals surface area contributed by atoms with Gasteiger partial charge in [0.2, 0.25) is 0 Å². The molecule has 2 aliphatic rings. The third-order valence-corrected chi connectivity index (χ3v) is 3.38. The second-order valence-electron chi connectivity index (χ2n) is 4.24. The number of carbonyl (C=O) groups is 2. The summed E-state index contributed by atoms with van der Waals surface area (Å²) in [5.41, 5.74) is -1.37. The molecule has 0 saturated carbocycles. The van der Waals surface area contributed by atoms with Crippen LogP contribution in [0.4, 0.5) is 13.2 Å². The summed E-state index contributed by atoms with van der Waals surface area (Å²) in [5, 5.41) is 9.08. The van der Waals surface area contributed by atoms with Crippen LogP contribution in [0, 0.1) is 5.41 Å². The van der Waals surface area contributed by atoms with E-state index in [0.717, 1.165) is 0 Å². The topological polar surface area (TPSA) is 66.8 Å². The first-order chi connectivity index (χ1) is 7.79. The number of likely N-dealkylation sites (tertiary alicyclic amines) is 1. The predicted octanol–water partition coefficient (Wildman–Crippen LogP) is 0.251. The molecule has 0 aromatic rings. The van der Waals surface area contributed by atoms with Gasteiger partial charge in [-0.2, -0.15) is 13.2 Å². The Kier molecular flexibility index (Phi) is 2.57. The van der Waals surface area contributed by atoms with Crippen molar-refractivity contribution in [3.05, 3.63) is 0 Å². The standard InChI is InChI=1S/C9H10F3NO4/c10-9(11,12)6(14)13-2-1-8(7(15)16)4-17-3-5(8)13/h5H,1-4H2,(H,15,16). The molecule has 1 N–H and O–H groups in total. The molecule has 8 heteroatoms. The molecule has 2 aliphatic heterocycles. The van der Waals surface area contributed by atoms with Crippen molar-refractivity contribution in [1.82, 2.24) is 4.90 Å². The molecular formula is C9H10F3NO4. The molecule has 2 rings (SSSR count). The summed E-state index contributed by atoms with van der Waals surface area (Å²) in [6.45, 7) is -0.499. The van der Waals surface area contributed by atoms with Crippen LogP contribution in [0.3, 0.4) is 0 Å². The molecule has 2 saturated heterocycles. The van der Waals surface area contributed by atoms with Crippen molar-refractivity contribution < 1.29 is 32.6 Å². The van der Waals surface area contributed by atoms with Crippen molar-refractivity contribution in [1.29, 1.82) is 0 Å². The Bertz CT molecular complexity index is 370. The largest absolute Gasteiger partial charge is 0.481 e. The summed E-state index contributed by atoms with van der Waals surface area (Å²) in [6.07, 6.45) is -4.98. The number of hydrogen-bond donors (Lipinski definition) is 1. The normalized spacial score (nSPS) is 32.6. The molecule has 0 aromatic carbocycles. The van der Waals surface area contributed by atoms with Crippen molar-refractivity contribution in [2.45, 2.75) is 18.6 Å². The van der Waals surface area contributed by atoms with E-state index in [1.807, 2.05) is 0 Å². The van der Waals surface area contributed by atoms with Crippen LogP contribution in [0.5, 0.6) is 0 Å². The Hall–Kier alpha value is -1.31. The van der Waals surface area contributed by atoms with Crippen LogP contribution < -0.4 is 0 Å². The molecule has 0 aliphatic carbocycles. The van der Waals surface area contributed by atoms with E-state index in [1.54, 1.807) is 0 Å². The number of aliphatic carboxylic acids is 1. The van der Waals surface area contributed by atoms with E-state index in [9.17, 15) is 22.8 Å². The lowest BCUT2D eigenvalue weighted by atomic mass is 9.83. The third-order valence-electron chi connectivity index (χ3n) is 3.38. The first kappa shape index (κ1) is 12.2. The Morgan fingerprint density at radius 2 is 2.06 bits per heavy atom. The summed E-state index contributed by atoms with van der Waals surface area (Å²) >= 11 is 0. The Labute approximate surface area is 94.1 Å². The van der Waals surface area contributed by atoms with Crippen LogP contribution in [-0.2, 0) is 14.3 Å². The SMILES string of the molecule is O=C(N1CCC2(C(=O)O)COCC12)C(F)(F)F. The number of halogens is 3. The van der Waals surface area contributed by atoms with Gasteiger partial charge in [-0.05, 0) is 6.42 Å². The number of alkyl halides is 3.